The summed E-state index contributed by atoms with van der Waals surface area (Å²) in [5.41, 5.74) is 1.25. The Kier molecular flexibility index (Phi) is 4.28. The van der Waals surface area contributed by atoms with Gasteiger partial charge in [0.25, 0.3) is 0 Å². The molecule has 0 aromatic carbocycles. The molecule has 1 aromatic rings. The zero-order valence-corrected chi connectivity index (χ0v) is 10.0. The van der Waals surface area contributed by atoms with E-state index in [1.807, 2.05) is 12.4 Å². The second kappa shape index (κ2) is 5.94. The highest BCUT2D eigenvalue weighted by Crippen LogP contribution is 2.33. The van der Waals surface area contributed by atoms with Gasteiger partial charge in [-0.1, -0.05) is 26.2 Å². The van der Waals surface area contributed by atoms with Crippen LogP contribution < -0.4 is 5.32 Å². The fraction of sp³-hybridized carbons (Fsp3) is 0.692. The van der Waals surface area contributed by atoms with E-state index >= 15 is 0 Å². The molecule has 1 unspecified atom stereocenters. The van der Waals surface area contributed by atoms with E-state index in [1.165, 1.54) is 37.7 Å². The molecule has 0 spiro atoms. The molecule has 16 heavy (non-hydrogen) atoms. The first kappa shape index (κ1) is 11.5. The van der Waals surface area contributed by atoms with E-state index in [4.69, 9.17) is 0 Å². The van der Waals surface area contributed by atoms with Crippen LogP contribution in [0.15, 0.2) is 18.7 Å². The van der Waals surface area contributed by atoms with Gasteiger partial charge >= 0.3 is 0 Å². The number of nitrogens with one attached hydrogen (secondary N) is 1. The van der Waals surface area contributed by atoms with Crippen molar-refractivity contribution >= 4 is 0 Å². The van der Waals surface area contributed by atoms with Crippen LogP contribution in [0.25, 0.3) is 0 Å². The highest BCUT2D eigenvalue weighted by atomic mass is 14.9. The molecule has 0 bridgehead atoms. The van der Waals surface area contributed by atoms with Crippen LogP contribution in [0.3, 0.4) is 0 Å². The van der Waals surface area contributed by atoms with Gasteiger partial charge in [0.15, 0.2) is 0 Å². The summed E-state index contributed by atoms with van der Waals surface area (Å²) in [4.78, 5) is 8.26. The predicted molar refractivity (Wildman–Crippen MR) is 65.0 cm³/mol. The summed E-state index contributed by atoms with van der Waals surface area (Å²) in [5, 5.41) is 3.59. The lowest BCUT2D eigenvalue weighted by molar-refractivity contribution is 0.273. The van der Waals surface area contributed by atoms with Crippen molar-refractivity contribution in [2.75, 3.05) is 6.54 Å². The van der Waals surface area contributed by atoms with Gasteiger partial charge in [-0.05, 0) is 25.3 Å². The third kappa shape index (κ3) is 2.79. The van der Waals surface area contributed by atoms with Crippen LogP contribution in [0.5, 0.6) is 0 Å². The summed E-state index contributed by atoms with van der Waals surface area (Å²) in [7, 11) is 0. The molecule has 1 atom stereocenters. The molecule has 2 rings (SSSR count). The van der Waals surface area contributed by atoms with Gasteiger partial charge in [0.1, 0.15) is 6.33 Å². The van der Waals surface area contributed by atoms with Crippen molar-refractivity contribution < 1.29 is 0 Å². The Hall–Kier alpha value is -0.960. The lowest BCUT2D eigenvalue weighted by Gasteiger charge is -2.30. The SMILES string of the molecule is CCNC(c1cncnc1)C1CCCCC1. The second-order valence-electron chi connectivity index (χ2n) is 4.61. The molecule has 1 heterocycles. The van der Waals surface area contributed by atoms with Gasteiger partial charge in [-0.25, -0.2) is 9.97 Å². The molecule has 3 nitrogen and oxygen atoms in total. The molecule has 1 aromatic heterocycles. The van der Waals surface area contributed by atoms with Gasteiger partial charge in [0.05, 0.1) is 0 Å². The smallest absolute Gasteiger partial charge is 0.115 e. The molecular formula is C13H21N3. The quantitative estimate of drug-likeness (QED) is 0.846. The Bertz CT molecular complexity index is 293. The van der Waals surface area contributed by atoms with Crippen molar-refractivity contribution in [1.82, 2.24) is 15.3 Å². The molecule has 0 aliphatic heterocycles. The van der Waals surface area contributed by atoms with Gasteiger partial charge in [-0.3, -0.25) is 0 Å². The highest BCUT2D eigenvalue weighted by Gasteiger charge is 2.24. The fourth-order valence-electron chi connectivity index (χ4n) is 2.72. The van der Waals surface area contributed by atoms with E-state index in [-0.39, 0.29) is 0 Å². The van der Waals surface area contributed by atoms with Gasteiger partial charge in [-0.2, -0.15) is 0 Å². The van der Waals surface area contributed by atoms with Crippen molar-refractivity contribution in [3.63, 3.8) is 0 Å². The predicted octanol–water partition coefficient (Wildman–Crippen LogP) is 2.71. The molecular weight excluding hydrogens is 198 g/mol. The zero-order valence-electron chi connectivity index (χ0n) is 10.0. The third-order valence-corrected chi connectivity index (χ3v) is 3.48. The standard InChI is InChI=1S/C13H21N3/c1-2-16-13(11-6-4-3-5-7-11)12-8-14-10-15-9-12/h8-11,13,16H,2-7H2,1H3. The Morgan fingerprint density at radius 1 is 1.25 bits per heavy atom. The van der Waals surface area contributed by atoms with Gasteiger partial charge < -0.3 is 5.32 Å². The summed E-state index contributed by atoms with van der Waals surface area (Å²) < 4.78 is 0. The van der Waals surface area contributed by atoms with E-state index in [0.29, 0.717) is 6.04 Å². The highest BCUT2D eigenvalue weighted by molar-refractivity contribution is 5.11. The van der Waals surface area contributed by atoms with Crippen molar-refractivity contribution in [1.29, 1.82) is 0 Å². The largest absolute Gasteiger partial charge is 0.310 e. The lowest BCUT2D eigenvalue weighted by atomic mass is 9.82. The molecule has 1 aliphatic rings. The first-order valence-corrected chi connectivity index (χ1v) is 6.40. The van der Waals surface area contributed by atoms with E-state index < -0.39 is 0 Å². The number of rotatable bonds is 4. The summed E-state index contributed by atoms with van der Waals surface area (Å²) in [6.07, 6.45) is 12.3. The van der Waals surface area contributed by atoms with Crippen molar-refractivity contribution in [3.05, 3.63) is 24.3 Å². The average molecular weight is 219 g/mol. The minimum atomic E-state index is 0.450. The topological polar surface area (TPSA) is 37.8 Å². The monoisotopic (exact) mass is 219 g/mol. The third-order valence-electron chi connectivity index (χ3n) is 3.48. The molecule has 0 radical (unpaired) electrons. The average Bonchev–Trinajstić information content (AvgIpc) is 2.38. The Balaban J connectivity index is 2.09. The number of hydrogen-bond donors (Lipinski definition) is 1. The number of aromatic nitrogens is 2. The van der Waals surface area contributed by atoms with Gasteiger partial charge in [0, 0.05) is 24.0 Å². The zero-order chi connectivity index (χ0) is 11.2. The number of hydrogen-bond acceptors (Lipinski definition) is 3. The molecule has 1 saturated carbocycles. The molecule has 0 amide bonds. The summed E-state index contributed by atoms with van der Waals surface area (Å²) in [6, 6.07) is 0.450. The fourth-order valence-corrected chi connectivity index (χ4v) is 2.72. The van der Waals surface area contributed by atoms with E-state index in [1.54, 1.807) is 6.33 Å². The second-order valence-corrected chi connectivity index (χ2v) is 4.61. The molecule has 88 valence electrons. The van der Waals surface area contributed by atoms with Gasteiger partial charge in [-0.15, -0.1) is 0 Å². The van der Waals surface area contributed by atoms with Gasteiger partial charge in [0.2, 0.25) is 0 Å². The van der Waals surface area contributed by atoms with E-state index in [0.717, 1.165) is 12.5 Å². The van der Waals surface area contributed by atoms with Crippen LogP contribution in [0.1, 0.15) is 50.6 Å². The van der Waals surface area contributed by atoms with Crippen LogP contribution in [0.4, 0.5) is 0 Å². The maximum Gasteiger partial charge on any atom is 0.115 e. The Morgan fingerprint density at radius 3 is 2.56 bits per heavy atom. The van der Waals surface area contributed by atoms with Crippen molar-refractivity contribution in [2.24, 2.45) is 5.92 Å². The van der Waals surface area contributed by atoms with Crippen molar-refractivity contribution in [3.8, 4) is 0 Å². The lowest BCUT2D eigenvalue weighted by Crippen LogP contribution is -2.29. The van der Waals surface area contributed by atoms with Crippen LogP contribution in [0, 0.1) is 5.92 Å². The Morgan fingerprint density at radius 2 is 1.94 bits per heavy atom. The maximum atomic E-state index is 4.13. The summed E-state index contributed by atoms with van der Waals surface area (Å²) >= 11 is 0. The maximum absolute atomic E-state index is 4.13. The number of nitrogens with zero attached hydrogens (tertiary/aromatic N) is 2. The van der Waals surface area contributed by atoms with Crippen LogP contribution in [-0.2, 0) is 0 Å². The molecule has 1 N–H and O–H groups in total. The first-order valence-electron chi connectivity index (χ1n) is 6.40. The first-order chi connectivity index (χ1) is 7.92. The van der Waals surface area contributed by atoms with Crippen LogP contribution >= 0.6 is 0 Å². The summed E-state index contributed by atoms with van der Waals surface area (Å²) in [6.45, 7) is 3.18. The van der Waals surface area contributed by atoms with Crippen LogP contribution in [-0.4, -0.2) is 16.5 Å². The minimum absolute atomic E-state index is 0.450. The molecule has 3 heteroatoms. The van der Waals surface area contributed by atoms with Crippen molar-refractivity contribution in [2.45, 2.75) is 45.1 Å². The Labute approximate surface area is 97.7 Å². The summed E-state index contributed by atoms with van der Waals surface area (Å²) in [5.74, 6) is 0.764. The molecule has 1 aliphatic carbocycles. The molecule has 1 fully saturated rings. The van der Waals surface area contributed by atoms with E-state index in [2.05, 4.69) is 22.2 Å². The minimum Gasteiger partial charge on any atom is -0.310 e. The normalized spacial score (nSPS) is 19.6. The van der Waals surface area contributed by atoms with Crippen LogP contribution in [0.2, 0.25) is 0 Å². The molecule has 0 saturated heterocycles. The van der Waals surface area contributed by atoms with E-state index in [9.17, 15) is 0 Å².